The second-order valence-corrected chi connectivity index (χ2v) is 5.78. The van der Waals surface area contributed by atoms with Crippen molar-refractivity contribution in [3.05, 3.63) is 62.8 Å². The van der Waals surface area contributed by atoms with Crippen molar-refractivity contribution in [3.63, 3.8) is 0 Å². The second-order valence-electron chi connectivity index (χ2n) is 4.43. The lowest BCUT2D eigenvalue weighted by Gasteiger charge is -2.16. The van der Waals surface area contributed by atoms with Crippen LogP contribution >= 0.6 is 27.5 Å². The Bertz CT molecular complexity index is 621. The van der Waals surface area contributed by atoms with Crippen molar-refractivity contribution >= 4 is 27.5 Å². The van der Waals surface area contributed by atoms with Crippen LogP contribution in [-0.4, -0.2) is 7.11 Å². The Morgan fingerprint density at radius 1 is 1.30 bits per heavy atom. The summed E-state index contributed by atoms with van der Waals surface area (Å²) in [6, 6.07) is 9.85. The summed E-state index contributed by atoms with van der Waals surface area (Å²) in [6.45, 7) is 0. The Hall–Kier alpha value is -1.10. The first kappa shape index (κ1) is 15.3. The van der Waals surface area contributed by atoms with Crippen LogP contribution in [0.4, 0.5) is 4.39 Å². The molecule has 2 aromatic rings. The van der Waals surface area contributed by atoms with Crippen molar-refractivity contribution in [2.24, 2.45) is 5.73 Å². The summed E-state index contributed by atoms with van der Waals surface area (Å²) in [5.41, 5.74) is 7.53. The van der Waals surface area contributed by atoms with E-state index in [2.05, 4.69) is 15.9 Å². The number of methoxy groups -OCH3 is 1. The summed E-state index contributed by atoms with van der Waals surface area (Å²) in [5, 5.41) is 0.577. The molecule has 2 nitrogen and oxygen atoms in total. The predicted molar refractivity (Wildman–Crippen MR) is 82.7 cm³/mol. The van der Waals surface area contributed by atoms with Crippen LogP contribution in [0.1, 0.15) is 17.2 Å². The Kier molecular flexibility index (Phi) is 5.02. The van der Waals surface area contributed by atoms with Gasteiger partial charge in [0.15, 0.2) is 0 Å². The third-order valence-corrected chi connectivity index (χ3v) is 3.78. The molecule has 0 aliphatic carbocycles. The lowest BCUT2D eigenvalue weighted by Crippen LogP contribution is -2.15. The van der Waals surface area contributed by atoms with Crippen LogP contribution < -0.4 is 10.5 Å². The standard InChI is InChI=1S/C15H14BrClFNO/c1-20-15-8-11(17)4-5-12(15)14(19)6-9-2-3-10(16)7-13(9)18/h2-5,7-8,14H,6,19H2,1H3. The van der Waals surface area contributed by atoms with Gasteiger partial charge in [-0.2, -0.15) is 0 Å². The summed E-state index contributed by atoms with van der Waals surface area (Å²) in [4.78, 5) is 0. The fraction of sp³-hybridized carbons (Fsp3) is 0.200. The van der Waals surface area contributed by atoms with E-state index in [4.69, 9.17) is 22.1 Å². The molecule has 0 amide bonds. The quantitative estimate of drug-likeness (QED) is 0.874. The summed E-state index contributed by atoms with van der Waals surface area (Å²) in [7, 11) is 1.56. The SMILES string of the molecule is COc1cc(Cl)ccc1C(N)Cc1ccc(Br)cc1F. The number of benzene rings is 2. The number of halogens is 3. The van der Waals surface area contributed by atoms with Crippen LogP contribution in [-0.2, 0) is 6.42 Å². The van der Waals surface area contributed by atoms with E-state index in [1.165, 1.54) is 6.07 Å². The van der Waals surface area contributed by atoms with Crippen molar-refractivity contribution in [3.8, 4) is 5.75 Å². The molecule has 2 N–H and O–H groups in total. The van der Waals surface area contributed by atoms with Gasteiger partial charge in [-0.15, -0.1) is 0 Å². The molecule has 0 aromatic heterocycles. The van der Waals surface area contributed by atoms with Gasteiger partial charge in [-0.1, -0.05) is 39.7 Å². The van der Waals surface area contributed by atoms with Gasteiger partial charge in [0.1, 0.15) is 11.6 Å². The molecule has 2 aromatic carbocycles. The Balaban J connectivity index is 2.25. The molecule has 2 rings (SSSR count). The van der Waals surface area contributed by atoms with Gasteiger partial charge in [0, 0.05) is 21.1 Å². The maximum absolute atomic E-state index is 13.8. The van der Waals surface area contributed by atoms with Gasteiger partial charge in [-0.3, -0.25) is 0 Å². The Morgan fingerprint density at radius 3 is 2.70 bits per heavy atom. The highest BCUT2D eigenvalue weighted by molar-refractivity contribution is 9.10. The number of rotatable bonds is 4. The van der Waals surface area contributed by atoms with Gasteiger partial charge in [0.25, 0.3) is 0 Å². The van der Waals surface area contributed by atoms with Gasteiger partial charge in [0.2, 0.25) is 0 Å². The van der Waals surface area contributed by atoms with Gasteiger partial charge < -0.3 is 10.5 Å². The van der Waals surface area contributed by atoms with Crippen molar-refractivity contribution in [2.75, 3.05) is 7.11 Å². The summed E-state index contributed by atoms with van der Waals surface area (Å²) >= 11 is 9.15. The minimum absolute atomic E-state index is 0.275. The lowest BCUT2D eigenvalue weighted by atomic mass is 9.98. The molecule has 106 valence electrons. The number of nitrogens with two attached hydrogens (primary N) is 1. The van der Waals surface area contributed by atoms with Gasteiger partial charge in [-0.25, -0.2) is 4.39 Å². The molecule has 5 heteroatoms. The predicted octanol–water partition coefficient (Wildman–Crippen LogP) is 4.49. The second kappa shape index (κ2) is 6.57. The van der Waals surface area contributed by atoms with E-state index in [-0.39, 0.29) is 11.9 Å². The molecular weight excluding hydrogens is 345 g/mol. The molecule has 0 radical (unpaired) electrons. The highest BCUT2D eigenvalue weighted by atomic mass is 79.9. The molecule has 20 heavy (non-hydrogen) atoms. The van der Waals surface area contributed by atoms with E-state index in [0.29, 0.717) is 27.2 Å². The highest BCUT2D eigenvalue weighted by Crippen LogP contribution is 2.29. The largest absolute Gasteiger partial charge is 0.496 e. The zero-order chi connectivity index (χ0) is 14.7. The first-order valence-electron chi connectivity index (χ1n) is 6.04. The number of hydrogen-bond acceptors (Lipinski definition) is 2. The fourth-order valence-corrected chi connectivity index (χ4v) is 2.52. The molecule has 0 spiro atoms. The average Bonchev–Trinajstić information content (AvgIpc) is 2.41. The summed E-state index contributed by atoms with van der Waals surface area (Å²) in [6.07, 6.45) is 0.386. The van der Waals surface area contributed by atoms with E-state index in [1.54, 1.807) is 31.4 Å². The van der Waals surface area contributed by atoms with Crippen LogP contribution in [0, 0.1) is 5.82 Å². The topological polar surface area (TPSA) is 35.2 Å². The zero-order valence-electron chi connectivity index (χ0n) is 10.9. The molecule has 0 aliphatic heterocycles. The first-order valence-corrected chi connectivity index (χ1v) is 7.21. The fourth-order valence-electron chi connectivity index (χ4n) is 2.03. The van der Waals surface area contributed by atoms with Crippen LogP contribution in [0.5, 0.6) is 5.75 Å². The molecule has 0 heterocycles. The van der Waals surface area contributed by atoms with E-state index in [1.807, 2.05) is 6.07 Å². The first-order chi connectivity index (χ1) is 9.51. The molecule has 0 bridgehead atoms. The molecule has 0 saturated heterocycles. The van der Waals surface area contributed by atoms with Gasteiger partial charge in [0.05, 0.1) is 7.11 Å². The molecule has 1 atom stereocenters. The van der Waals surface area contributed by atoms with Crippen LogP contribution in [0.25, 0.3) is 0 Å². The molecule has 0 aliphatic rings. The average molecular weight is 359 g/mol. The van der Waals surface area contributed by atoms with Gasteiger partial charge in [-0.05, 0) is 36.2 Å². The molecule has 1 unspecified atom stereocenters. The molecule has 0 fully saturated rings. The minimum Gasteiger partial charge on any atom is -0.496 e. The minimum atomic E-state index is -0.363. The Morgan fingerprint density at radius 2 is 2.05 bits per heavy atom. The van der Waals surface area contributed by atoms with E-state index in [0.717, 1.165) is 5.56 Å². The maximum atomic E-state index is 13.8. The third-order valence-electron chi connectivity index (χ3n) is 3.05. The van der Waals surface area contributed by atoms with Crippen molar-refractivity contribution in [2.45, 2.75) is 12.5 Å². The zero-order valence-corrected chi connectivity index (χ0v) is 13.2. The normalized spacial score (nSPS) is 12.2. The summed E-state index contributed by atoms with van der Waals surface area (Å²) < 4.78 is 19.8. The van der Waals surface area contributed by atoms with Crippen molar-refractivity contribution < 1.29 is 9.13 Å². The maximum Gasteiger partial charge on any atom is 0.127 e. The van der Waals surface area contributed by atoms with Crippen molar-refractivity contribution in [1.29, 1.82) is 0 Å². The summed E-state index contributed by atoms with van der Waals surface area (Å²) in [5.74, 6) is 0.338. The molecule has 0 saturated carbocycles. The van der Waals surface area contributed by atoms with E-state index < -0.39 is 0 Å². The van der Waals surface area contributed by atoms with Crippen molar-refractivity contribution in [1.82, 2.24) is 0 Å². The van der Waals surface area contributed by atoms with Crippen LogP contribution in [0.15, 0.2) is 40.9 Å². The van der Waals surface area contributed by atoms with E-state index >= 15 is 0 Å². The Labute approximate surface area is 130 Å². The molecular formula is C15H14BrClFNO. The number of hydrogen-bond donors (Lipinski definition) is 1. The van der Waals surface area contributed by atoms with Crippen LogP contribution in [0.3, 0.4) is 0 Å². The lowest BCUT2D eigenvalue weighted by molar-refractivity contribution is 0.405. The van der Waals surface area contributed by atoms with Gasteiger partial charge >= 0.3 is 0 Å². The smallest absolute Gasteiger partial charge is 0.127 e. The highest BCUT2D eigenvalue weighted by Gasteiger charge is 2.15. The van der Waals surface area contributed by atoms with Crippen LogP contribution in [0.2, 0.25) is 5.02 Å². The number of ether oxygens (including phenoxy) is 1. The van der Waals surface area contributed by atoms with E-state index in [9.17, 15) is 4.39 Å². The monoisotopic (exact) mass is 357 g/mol. The third kappa shape index (κ3) is 3.51.